The molecule has 0 fully saturated rings. The lowest BCUT2D eigenvalue weighted by molar-refractivity contribution is -0.268. The highest BCUT2D eigenvalue weighted by Crippen LogP contribution is 2.42. The third kappa shape index (κ3) is 2.78. The molecule has 2 aromatic rings. The molecule has 0 spiro atoms. The van der Waals surface area contributed by atoms with Gasteiger partial charge in [0.05, 0.1) is 19.8 Å². The number of benzene rings is 2. The quantitative estimate of drug-likeness (QED) is 0.788. The Morgan fingerprint density at radius 1 is 1.24 bits per heavy atom. The zero-order chi connectivity index (χ0) is 18.1. The Hall–Kier alpha value is -3.42. The highest BCUT2D eigenvalue weighted by Gasteiger charge is 2.35. The maximum absolute atomic E-state index is 12.2. The van der Waals surface area contributed by atoms with Crippen LogP contribution in [0.15, 0.2) is 30.3 Å². The van der Waals surface area contributed by atoms with Crippen LogP contribution in [0, 0.1) is 0 Å². The molecule has 0 saturated heterocycles. The molecule has 1 atom stereocenters. The van der Waals surface area contributed by atoms with Gasteiger partial charge in [-0.2, -0.15) is 0 Å². The second kappa shape index (κ2) is 6.23. The number of cyclic esters (lactones) is 1. The number of carboxylic acid groups (broad SMARTS) is 1. The van der Waals surface area contributed by atoms with Crippen LogP contribution in [-0.4, -0.2) is 31.3 Å². The molecule has 1 aliphatic heterocycles. The summed E-state index contributed by atoms with van der Waals surface area (Å²) in [4.78, 5) is 23.1. The Labute approximate surface area is 142 Å². The molecule has 0 aliphatic carbocycles. The monoisotopic (exact) mass is 344 g/mol. The van der Waals surface area contributed by atoms with Crippen LogP contribution >= 0.6 is 0 Å². The number of carbonyl (C=O) groups excluding carboxylic acids is 1. The molecule has 0 unspecified atom stereocenters. The highest BCUT2D eigenvalue weighted by molar-refractivity contribution is 5.98. The van der Waals surface area contributed by atoms with Crippen LogP contribution in [-0.2, 0) is 4.74 Å². The topological polar surface area (TPSA) is 117 Å². The molecule has 0 bridgehead atoms. The van der Waals surface area contributed by atoms with Crippen LogP contribution in [0.3, 0.4) is 0 Å². The Bertz CT molecular complexity index is 862. The van der Waals surface area contributed by atoms with Gasteiger partial charge in [-0.15, -0.1) is 0 Å². The van der Waals surface area contributed by atoms with Crippen molar-refractivity contribution in [2.75, 3.05) is 19.5 Å². The molecule has 0 amide bonds. The van der Waals surface area contributed by atoms with Crippen LogP contribution in [0.4, 0.5) is 5.69 Å². The molecule has 0 aromatic heterocycles. The molecule has 8 heteroatoms. The van der Waals surface area contributed by atoms with Gasteiger partial charge in [0, 0.05) is 11.3 Å². The largest absolute Gasteiger partial charge is 0.872 e. The number of fused-ring (bicyclic) bond motifs is 1. The summed E-state index contributed by atoms with van der Waals surface area (Å²) >= 11 is 0. The first-order chi connectivity index (χ1) is 12.0. The fourth-order valence-corrected chi connectivity index (χ4v) is 2.65. The third-order valence-corrected chi connectivity index (χ3v) is 3.80. The Kier molecular flexibility index (Phi) is 4.10. The molecule has 8 nitrogen and oxygen atoms in total. The number of carbonyl (C=O) groups is 2. The van der Waals surface area contributed by atoms with E-state index in [1.165, 1.54) is 26.4 Å². The fourth-order valence-electron chi connectivity index (χ4n) is 2.65. The average molecular weight is 344 g/mol. The molecular weight excluding hydrogens is 330 g/mol. The first-order valence-corrected chi connectivity index (χ1v) is 7.23. The number of nitrogens with one attached hydrogen (secondary N) is 1. The summed E-state index contributed by atoms with van der Waals surface area (Å²) in [6, 6.07) is 7.05. The van der Waals surface area contributed by atoms with Crippen molar-refractivity contribution >= 4 is 17.6 Å². The summed E-state index contributed by atoms with van der Waals surface area (Å²) in [7, 11) is 2.88. The molecule has 2 aromatic carbocycles. The van der Waals surface area contributed by atoms with Gasteiger partial charge in [0.1, 0.15) is 5.56 Å². The van der Waals surface area contributed by atoms with Gasteiger partial charge in [0.25, 0.3) is 0 Å². The number of aromatic carboxylic acids is 1. The van der Waals surface area contributed by atoms with Crippen molar-refractivity contribution in [3.05, 3.63) is 47.0 Å². The summed E-state index contributed by atoms with van der Waals surface area (Å²) in [6.07, 6.45) is -0.836. The zero-order valence-electron chi connectivity index (χ0n) is 13.4. The van der Waals surface area contributed by atoms with E-state index in [0.29, 0.717) is 17.0 Å². The Morgan fingerprint density at radius 2 is 2.00 bits per heavy atom. The minimum atomic E-state index is -1.30. The lowest BCUT2D eigenvalue weighted by atomic mass is 10.1. The van der Waals surface area contributed by atoms with Crippen LogP contribution in [0.25, 0.3) is 0 Å². The van der Waals surface area contributed by atoms with E-state index in [-0.39, 0.29) is 16.9 Å². The molecule has 1 heterocycles. The highest BCUT2D eigenvalue weighted by atomic mass is 16.6. The fraction of sp³-hybridized carbons (Fsp3) is 0.176. The summed E-state index contributed by atoms with van der Waals surface area (Å²) in [5, 5.41) is 23.6. The van der Waals surface area contributed by atoms with E-state index in [9.17, 15) is 14.7 Å². The Balaban J connectivity index is 1.94. The van der Waals surface area contributed by atoms with Crippen molar-refractivity contribution in [1.82, 2.24) is 0 Å². The second-order valence-corrected chi connectivity index (χ2v) is 5.21. The third-order valence-electron chi connectivity index (χ3n) is 3.80. The van der Waals surface area contributed by atoms with Gasteiger partial charge in [-0.3, -0.25) is 0 Å². The predicted molar refractivity (Wildman–Crippen MR) is 84.2 cm³/mol. The summed E-state index contributed by atoms with van der Waals surface area (Å²) in [5.74, 6) is -1.88. The summed E-state index contributed by atoms with van der Waals surface area (Å²) in [5.41, 5.74) is 0.762. The molecule has 0 saturated carbocycles. The minimum Gasteiger partial charge on any atom is -0.872 e. The van der Waals surface area contributed by atoms with E-state index in [0.717, 1.165) is 6.07 Å². The van der Waals surface area contributed by atoms with Gasteiger partial charge >= 0.3 is 11.9 Å². The number of anilines is 1. The van der Waals surface area contributed by atoms with Gasteiger partial charge in [-0.05, 0) is 30.3 Å². The average Bonchev–Trinajstić information content (AvgIpc) is 2.89. The van der Waals surface area contributed by atoms with E-state index in [2.05, 4.69) is 5.32 Å². The van der Waals surface area contributed by atoms with Crippen molar-refractivity contribution < 1.29 is 34.0 Å². The molecule has 1 aliphatic rings. The van der Waals surface area contributed by atoms with Crippen LogP contribution in [0.2, 0.25) is 0 Å². The maximum Gasteiger partial charge on any atom is 0.344 e. The summed E-state index contributed by atoms with van der Waals surface area (Å²) < 4.78 is 15.7. The van der Waals surface area contributed by atoms with Crippen molar-refractivity contribution in [3.8, 4) is 17.2 Å². The lowest BCUT2D eigenvalue weighted by Gasteiger charge is -2.18. The van der Waals surface area contributed by atoms with Gasteiger partial charge in [0.2, 0.25) is 6.23 Å². The molecule has 3 rings (SSSR count). The van der Waals surface area contributed by atoms with Crippen molar-refractivity contribution in [2.24, 2.45) is 0 Å². The van der Waals surface area contributed by atoms with Crippen LogP contribution in [0.5, 0.6) is 17.2 Å². The zero-order valence-corrected chi connectivity index (χ0v) is 13.4. The van der Waals surface area contributed by atoms with Gasteiger partial charge < -0.3 is 29.7 Å². The number of ether oxygens (including phenoxy) is 3. The first kappa shape index (κ1) is 16.4. The van der Waals surface area contributed by atoms with E-state index in [4.69, 9.17) is 19.3 Å². The van der Waals surface area contributed by atoms with Gasteiger partial charge in [-0.25, -0.2) is 9.59 Å². The van der Waals surface area contributed by atoms with E-state index in [1.807, 2.05) is 0 Å². The number of rotatable bonds is 5. The predicted octanol–water partition coefficient (Wildman–Crippen LogP) is 1.76. The van der Waals surface area contributed by atoms with Crippen LogP contribution < -0.4 is 19.9 Å². The number of esters is 1. The lowest BCUT2D eigenvalue weighted by Crippen LogP contribution is -2.11. The van der Waals surface area contributed by atoms with Crippen molar-refractivity contribution in [2.45, 2.75) is 6.23 Å². The molecular formula is C17H14NO7-. The van der Waals surface area contributed by atoms with Crippen molar-refractivity contribution in [3.63, 3.8) is 0 Å². The number of carboxylic acids is 1. The standard InChI is InChI=1S/C17H15NO7/c1-23-12-6-5-10-13(14(12)24-2)17(22)25-15(10)18-8-3-4-9(16(20)21)11(19)7-8/h3-7,15,18-19H,1-2H3,(H,20,21)/p-1/t15-/m0/s1. The molecule has 0 radical (unpaired) electrons. The van der Waals surface area contributed by atoms with Gasteiger partial charge in [0.15, 0.2) is 11.5 Å². The Morgan fingerprint density at radius 3 is 2.60 bits per heavy atom. The molecule has 130 valence electrons. The maximum atomic E-state index is 12.2. The molecule has 2 N–H and O–H groups in total. The number of hydrogen-bond donors (Lipinski definition) is 2. The van der Waals surface area contributed by atoms with Gasteiger partial charge in [-0.1, -0.05) is 5.75 Å². The number of methoxy groups -OCH3 is 2. The van der Waals surface area contributed by atoms with Crippen molar-refractivity contribution in [1.29, 1.82) is 0 Å². The smallest absolute Gasteiger partial charge is 0.344 e. The minimum absolute atomic E-state index is 0.240. The first-order valence-electron chi connectivity index (χ1n) is 7.23. The van der Waals surface area contributed by atoms with Crippen LogP contribution in [0.1, 0.15) is 32.5 Å². The SMILES string of the molecule is COc1ccc2c(c1OC)C(=O)O[C@@H]2Nc1ccc(C(=O)O)c([O-])c1. The molecule has 25 heavy (non-hydrogen) atoms. The van der Waals surface area contributed by atoms with E-state index in [1.54, 1.807) is 12.1 Å². The van der Waals surface area contributed by atoms with E-state index < -0.39 is 23.9 Å². The normalized spacial score (nSPS) is 15.3. The second-order valence-electron chi connectivity index (χ2n) is 5.21. The summed E-state index contributed by atoms with van der Waals surface area (Å²) in [6.45, 7) is 0. The van der Waals surface area contributed by atoms with E-state index >= 15 is 0 Å². The number of hydrogen-bond acceptors (Lipinski definition) is 7.